The van der Waals surface area contributed by atoms with Crippen molar-refractivity contribution >= 4 is 17.9 Å². The van der Waals surface area contributed by atoms with Gasteiger partial charge in [-0.25, -0.2) is 9.79 Å². The summed E-state index contributed by atoms with van der Waals surface area (Å²) in [5, 5.41) is 0. The van der Waals surface area contributed by atoms with Crippen molar-refractivity contribution in [1.29, 1.82) is 0 Å². The monoisotopic (exact) mass is 359 g/mol. The molecule has 1 aliphatic heterocycles. The molecular formula is C19H15F2NO4. The second-order valence-electron chi connectivity index (χ2n) is 5.49. The summed E-state index contributed by atoms with van der Waals surface area (Å²) in [6.45, 7) is -1.05. The van der Waals surface area contributed by atoms with Gasteiger partial charge in [0, 0.05) is 5.56 Å². The van der Waals surface area contributed by atoms with E-state index >= 15 is 0 Å². The molecule has 0 bridgehead atoms. The summed E-state index contributed by atoms with van der Waals surface area (Å²) in [5.74, 6) is -0.400. The summed E-state index contributed by atoms with van der Waals surface area (Å²) in [5.41, 5.74) is 2.25. The maximum Gasteiger partial charge on any atom is 0.387 e. The minimum atomic E-state index is -2.99. The average molecular weight is 359 g/mol. The van der Waals surface area contributed by atoms with E-state index in [1.807, 2.05) is 19.1 Å². The molecule has 0 fully saturated rings. The van der Waals surface area contributed by atoms with Crippen LogP contribution < -0.4 is 9.47 Å². The minimum Gasteiger partial charge on any atom is -0.493 e. The molecule has 0 spiro atoms. The first kappa shape index (κ1) is 17.6. The molecule has 0 atom stereocenters. The molecule has 0 aliphatic carbocycles. The van der Waals surface area contributed by atoms with Gasteiger partial charge in [0.25, 0.3) is 0 Å². The number of cyclic esters (lactones) is 1. The molecule has 1 aliphatic rings. The van der Waals surface area contributed by atoms with Crippen molar-refractivity contribution in [1.82, 2.24) is 0 Å². The van der Waals surface area contributed by atoms with Gasteiger partial charge in [-0.05, 0) is 42.8 Å². The zero-order valence-electron chi connectivity index (χ0n) is 14.0. The Bertz CT molecular complexity index is 889. The van der Waals surface area contributed by atoms with Gasteiger partial charge in [0.05, 0.1) is 7.11 Å². The molecule has 0 saturated carbocycles. The number of carbonyl (C=O) groups excluding carboxylic acids is 1. The lowest BCUT2D eigenvalue weighted by Crippen LogP contribution is -2.05. The fourth-order valence-corrected chi connectivity index (χ4v) is 2.36. The van der Waals surface area contributed by atoms with Crippen molar-refractivity contribution in [3.8, 4) is 11.5 Å². The lowest BCUT2D eigenvalue weighted by molar-refractivity contribution is -0.129. The Morgan fingerprint density at radius 1 is 1.12 bits per heavy atom. The van der Waals surface area contributed by atoms with Gasteiger partial charge in [0.1, 0.15) is 0 Å². The number of ether oxygens (including phenoxy) is 3. The Hall–Kier alpha value is -3.22. The predicted octanol–water partition coefficient (Wildman–Crippen LogP) is 3.95. The van der Waals surface area contributed by atoms with Crippen LogP contribution in [0, 0.1) is 6.92 Å². The molecule has 7 heteroatoms. The SMILES string of the molecule is COc1ccc(/C=C2\N=C(c3ccc(C)cc3)OC2=O)cc1OC(F)F. The highest BCUT2D eigenvalue weighted by Gasteiger charge is 2.24. The van der Waals surface area contributed by atoms with Crippen LogP contribution in [0.5, 0.6) is 11.5 Å². The molecule has 0 amide bonds. The summed E-state index contributed by atoms with van der Waals surface area (Å²) in [4.78, 5) is 16.2. The van der Waals surface area contributed by atoms with Gasteiger partial charge < -0.3 is 14.2 Å². The number of hydrogen-bond donors (Lipinski definition) is 0. The van der Waals surface area contributed by atoms with Crippen LogP contribution in [0.25, 0.3) is 6.08 Å². The van der Waals surface area contributed by atoms with Crippen LogP contribution in [0.1, 0.15) is 16.7 Å². The molecule has 5 nitrogen and oxygen atoms in total. The quantitative estimate of drug-likeness (QED) is 0.599. The number of halogens is 2. The number of esters is 1. The van der Waals surface area contributed by atoms with E-state index in [9.17, 15) is 13.6 Å². The van der Waals surface area contributed by atoms with Gasteiger partial charge in [-0.3, -0.25) is 0 Å². The molecule has 0 N–H and O–H groups in total. The van der Waals surface area contributed by atoms with Crippen LogP contribution >= 0.6 is 0 Å². The molecule has 0 unspecified atom stereocenters. The van der Waals surface area contributed by atoms with Gasteiger partial charge in [-0.2, -0.15) is 8.78 Å². The first-order valence-corrected chi connectivity index (χ1v) is 7.68. The minimum absolute atomic E-state index is 0.0636. The van der Waals surface area contributed by atoms with Crippen molar-refractivity contribution in [3.05, 3.63) is 64.9 Å². The Labute approximate surface area is 148 Å². The number of benzene rings is 2. The van der Waals surface area contributed by atoms with E-state index in [0.717, 1.165) is 5.56 Å². The third kappa shape index (κ3) is 3.88. The van der Waals surface area contributed by atoms with E-state index in [1.165, 1.54) is 25.3 Å². The van der Waals surface area contributed by atoms with Crippen LogP contribution in [0.4, 0.5) is 8.78 Å². The maximum absolute atomic E-state index is 12.5. The number of methoxy groups -OCH3 is 1. The van der Waals surface area contributed by atoms with Gasteiger partial charge >= 0.3 is 12.6 Å². The van der Waals surface area contributed by atoms with Crippen molar-refractivity contribution in [2.75, 3.05) is 7.11 Å². The molecule has 3 rings (SSSR count). The highest BCUT2D eigenvalue weighted by atomic mass is 19.3. The molecule has 0 saturated heterocycles. The van der Waals surface area contributed by atoms with E-state index in [-0.39, 0.29) is 23.1 Å². The van der Waals surface area contributed by atoms with Crippen molar-refractivity contribution in [2.24, 2.45) is 4.99 Å². The maximum atomic E-state index is 12.5. The summed E-state index contributed by atoms with van der Waals surface area (Å²) in [6, 6.07) is 11.8. The van der Waals surface area contributed by atoms with E-state index in [1.54, 1.807) is 18.2 Å². The van der Waals surface area contributed by atoms with E-state index in [0.29, 0.717) is 11.1 Å². The number of aryl methyl sites for hydroxylation is 1. The van der Waals surface area contributed by atoms with E-state index < -0.39 is 12.6 Å². The zero-order chi connectivity index (χ0) is 18.7. The van der Waals surface area contributed by atoms with Crippen LogP contribution in [0.2, 0.25) is 0 Å². The van der Waals surface area contributed by atoms with Crippen LogP contribution in [0.3, 0.4) is 0 Å². The number of carbonyl (C=O) groups is 1. The summed E-state index contributed by atoms with van der Waals surface area (Å²) < 4.78 is 39.6. The Balaban J connectivity index is 1.91. The summed E-state index contributed by atoms with van der Waals surface area (Å²) in [6.07, 6.45) is 1.43. The fraction of sp³-hybridized carbons (Fsp3) is 0.158. The smallest absolute Gasteiger partial charge is 0.387 e. The van der Waals surface area contributed by atoms with Gasteiger partial charge in [-0.1, -0.05) is 23.8 Å². The summed E-state index contributed by atoms with van der Waals surface area (Å²) in [7, 11) is 1.35. The lowest BCUT2D eigenvalue weighted by Gasteiger charge is -2.10. The second kappa shape index (κ2) is 7.35. The molecule has 0 aromatic heterocycles. The first-order valence-electron chi connectivity index (χ1n) is 7.68. The Morgan fingerprint density at radius 3 is 2.50 bits per heavy atom. The number of aliphatic imine (C=N–C) groups is 1. The lowest BCUT2D eigenvalue weighted by atomic mass is 10.1. The molecule has 0 radical (unpaired) electrons. The molecule has 2 aromatic carbocycles. The highest BCUT2D eigenvalue weighted by Crippen LogP contribution is 2.31. The van der Waals surface area contributed by atoms with Crippen molar-refractivity contribution in [3.63, 3.8) is 0 Å². The molecule has 134 valence electrons. The van der Waals surface area contributed by atoms with Gasteiger partial charge in [-0.15, -0.1) is 0 Å². The predicted molar refractivity (Wildman–Crippen MR) is 91.4 cm³/mol. The Kier molecular flexibility index (Phi) is 4.97. The number of nitrogens with zero attached hydrogens (tertiary/aromatic N) is 1. The standard InChI is InChI=1S/C19H15F2NO4/c1-11-3-6-13(7-4-11)17-22-14(18(23)26-17)9-12-5-8-15(24-2)16(10-12)25-19(20)21/h3-10,19H,1-2H3/b14-9-. The second-order valence-corrected chi connectivity index (χ2v) is 5.49. The van der Waals surface area contributed by atoms with Crippen molar-refractivity contribution in [2.45, 2.75) is 13.5 Å². The van der Waals surface area contributed by atoms with E-state index in [2.05, 4.69) is 9.73 Å². The fourth-order valence-electron chi connectivity index (χ4n) is 2.36. The number of hydrogen-bond acceptors (Lipinski definition) is 5. The highest BCUT2D eigenvalue weighted by molar-refractivity contribution is 6.12. The number of alkyl halides is 2. The first-order chi connectivity index (χ1) is 12.5. The van der Waals surface area contributed by atoms with E-state index in [4.69, 9.17) is 9.47 Å². The molecule has 2 aromatic rings. The Morgan fingerprint density at radius 2 is 1.85 bits per heavy atom. The third-order valence-electron chi connectivity index (χ3n) is 3.63. The van der Waals surface area contributed by atoms with Crippen LogP contribution in [-0.4, -0.2) is 25.6 Å². The molecular weight excluding hydrogens is 344 g/mol. The van der Waals surface area contributed by atoms with Gasteiger partial charge in [0.15, 0.2) is 17.2 Å². The molecule has 1 heterocycles. The largest absolute Gasteiger partial charge is 0.493 e. The molecule has 26 heavy (non-hydrogen) atoms. The third-order valence-corrected chi connectivity index (χ3v) is 3.63. The average Bonchev–Trinajstić information content (AvgIpc) is 2.96. The summed E-state index contributed by atoms with van der Waals surface area (Å²) >= 11 is 0. The topological polar surface area (TPSA) is 57.1 Å². The van der Waals surface area contributed by atoms with Crippen molar-refractivity contribution < 1.29 is 27.8 Å². The van der Waals surface area contributed by atoms with Crippen LogP contribution in [-0.2, 0) is 9.53 Å². The normalized spacial score (nSPS) is 15.2. The zero-order valence-corrected chi connectivity index (χ0v) is 14.0. The van der Waals surface area contributed by atoms with Crippen LogP contribution in [0.15, 0.2) is 53.2 Å². The number of rotatable bonds is 5. The van der Waals surface area contributed by atoms with Gasteiger partial charge in [0.2, 0.25) is 5.90 Å².